The van der Waals surface area contributed by atoms with E-state index in [0.29, 0.717) is 24.8 Å². The first-order valence-corrected chi connectivity index (χ1v) is 9.92. The standard InChI is InChI=1S/C21H28N2O3/c24-19(14-17-6-4-5-7-17)22-12-10-21(11-13-22)16-23(20(25)15-26-21)18-8-2-1-3-9-18/h1-3,8-9,17H,4-7,10-16H2. The third kappa shape index (κ3) is 3.63. The first-order chi connectivity index (χ1) is 12.7. The molecule has 1 aromatic carbocycles. The van der Waals surface area contributed by atoms with E-state index in [1.54, 1.807) is 0 Å². The maximum Gasteiger partial charge on any atom is 0.253 e. The monoisotopic (exact) mass is 356 g/mol. The molecule has 4 rings (SSSR count). The summed E-state index contributed by atoms with van der Waals surface area (Å²) in [5.74, 6) is 0.913. The number of likely N-dealkylation sites (tertiary alicyclic amines) is 1. The van der Waals surface area contributed by atoms with Crippen LogP contribution in [0.5, 0.6) is 0 Å². The number of para-hydroxylation sites is 1. The summed E-state index contributed by atoms with van der Waals surface area (Å²) in [6, 6.07) is 9.80. The molecule has 140 valence electrons. The number of benzene rings is 1. The van der Waals surface area contributed by atoms with Crippen LogP contribution in [0.3, 0.4) is 0 Å². The molecule has 0 radical (unpaired) electrons. The lowest BCUT2D eigenvalue weighted by Gasteiger charge is -2.47. The van der Waals surface area contributed by atoms with Crippen molar-refractivity contribution < 1.29 is 14.3 Å². The second kappa shape index (κ2) is 7.39. The highest BCUT2D eigenvalue weighted by Gasteiger charge is 2.43. The number of carbonyl (C=O) groups excluding carboxylic acids is 2. The predicted octanol–water partition coefficient (Wildman–Crippen LogP) is 2.99. The summed E-state index contributed by atoms with van der Waals surface area (Å²) >= 11 is 0. The molecule has 2 aliphatic heterocycles. The van der Waals surface area contributed by atoms with Crippen molar-refractivity contribution in [1.82, 2.24) is 4.90 Å². The van der Waals surface area contributed by atoms with Gasteiger partial charge in [0.15, 0.2) is 0 Å². The van der Waals surface area contributed by atoms with E-state index in [0.717, 1.165) is 31.6 Å². The summed E-state index contributed by atoms with van der Waals surface area (Å²) < 4.78 is 6.00. The number of morpholine rings is 1. The number of nitrogens with zero attached hydrogens (tertiary/aromatic N) is 2. The zero-order valence-corrected chi connectivity index (χ0v) is 15.4. The summed E-state index contributed by atoms with van der Waals surface area (Å²) in [5.41, 5.74) is 0.619. The van der Waals surface area contributed by atoms with Gasteiger partial charge in [-0.2, -0.15) is 0 Å². The molecule has 0 atom stereocenters. The Hall–Kier alpha value is -1.88. The van der Waals surface area contributed by atoms with Gasteiger partial charge in [0.05, 0.1) is 12.1 Å². The SMILES string of the molecule is O=C(CC1CCCC1)N1CCC2(CC1)CN(c1ccccc1)C(=O)CO2. The van der Waals surface area contributed by atoms with Gasteiger partial charge in [-0.05, 0) is 43.7 Å². The highest BCUT2D eigenvalue weighted by molar-refractivity contribution is 5.95. The Morgan fingerprint density at radius 2 is 1.81 bits per heavy atom. The van der Waals surface area contributed by atoms with Crippen LogP contribution in [0.15, 0.2) is 30.3 Å². The Morgan fingerprint density at radius 3 is 2.50 bits per heavy atom. The van der Waals surface area contributed by atoms with Crippen molar-refractivity contribution in [3.05, 3.63) is 30.3 Å². The van der Waals surface area contributed by atoms with Gasteiger partial charge >= 0.3 is 0 Å². The fourth-order valence-electron chi connectivity index (χ4n) is 4.61. The van der Waals surface area contributed by atoms with E-state index >= 15 is 0 Å². The van der Waals surface area contributed by atoms with Crippen LogP contribution in [0.2, 0.25) is 0 Å². The van der Waals surface area contributed by atoms with E-state index in [1.165, 1.54) is 25.7 Å². The molecule has 5 nitrogen and oxygen atoms in total. The highest BCUT2D eigenvalue weighted by Crippen LogP contribution is 2.34. The van der Waals surface area contributed by atoms with E-state index in [9.17, 15) is 9.59 Å². The average Bonchev–Trinajstić information content (AvgIpc) is 3.18. The molecular formula is C21H28N2O3. The maximum atomic E-state index is 12.6. The minimum atomic E-state index is -0.312. The van der Waals surface area contributed by atoms with Gasteiger partial charge in [0.2, 0.25) is 5.91 Å². The van der Waals surface area contributed by atoms with Crippen LogP contribution in [-0.4, -0.2) is 48.6 Å². The number of amides is 2. The third-order valence-corrected chi connectivity index (χ3v) is 6.28. The lowest BCUT2D eigenvalue weighted by molar-refractivity contribution is -0.150. The van der Waals surface area contributed by atoms with Crippen LogP contribution in [0.4, 0.5) is 5.69 Å². The summed E-state index contributed by atoms with van der Waals surface area (Å²) in [6.07, 6.45) is 7.29. The van der Waals surface area contributed by atoms with E-state index in [2.05, 4.69) is 0 Å². The summed E-state index contributed by atoms with van der Waals surface area (Å²) in [6.45, 7) is 2.19. The maximum absolute atomic E-state index is 12.6. The van der Waals surface area contributed by atoms with Gasteiger partial charge in [0, 0.05) is 25.2 Å². The van der Waals surface area contributed by atoms with Gasteiger partial charge in [0.25, 0.3) is 5.91 Å². The summed E-state index contributed by atoms with van der Waals surface area (Å²) in [7, 11) is 0. The Bertz CT molecular complexity index is 646. The second-order valence-electron chi connectivity index (χ2n) is 8.02. The first kappa shape index (κ1) is 17.5. The van der Waals surface area contributed by atoms with Crippen LogP contribution in [0, 0.1) is 5.92 Å². The molecule has 1 aliphatic carbocycles. The molecule has 2 heterocycles. The molecule has 1 saturated carbocycles. The number of hydrogen-bond donors (Lipinski definition) is 0. The van der Waals surface area contributed by atoms with E-state index in [1.807, 2.05) is 40.1 Å². The van der Waals surface area contributed by atoms with E-state index in [4.69, 9.17) is 4.74 Å². The smallest absolute Gasteiger partial charge is 0.253 e. The molecule has 0 bridgehead atoms. The second-order valence-corrected chi connectivity index (χ2v) is 8.02. The lowest BCUT2D eigenvalue weighted by Crippen LogP contribution is -2.59. The van der Waals surface area contributed by atoms with Crippen molar-refractivity contribution in [2.45, 2.75) is 50.5 Å². The molecule has 5 heteroatoms. The Balaban J connectivity index is 1.36. The van der Waals surface area contributed by atoms with Crippen LogP contribution >= 0.6 is 0 Å². The Labute approximate surface area is 155 Å². The molecule has 0 unspecified atom stereocenters. The van der Waals surface area contributed by atoms with Crippen molar-refractivity contribution in [3.8, 4) is 0 Å². The number of carbonyl (C=O) groups is 2. The predicted molar refractivity (Wildman–Crippen MR) is 99.9 cm³/mol. The van der Waals surface area contributed by atoms with E-state index < -0.39 is 0 Å². The average molecular weight is 356 g/mol. The van der Waals surface area contributed by atoms with Crippen molar-refractivity contribution in [1.29, 1.82) is 0 Å². The summed E-state index contributed by atoms with van der Waals surface area (Å²) in [4.78, 5) is 28.8. The first-order valence-electron chi connectivity index (χ1n) is 9.92. The highest BCUT2D eigenvalue weighted by atomic mass is 16.5. The summed E-state index contributed by atoms with van der Waals surface area (Å²) in [5, 5.41) is 0. The van der Waals surface area contributed by atoms with Gasteiger partial charge in [-0.1, -0.05) is 31.0 Å². The zero-order chi connectivity index (χ0) is 18.0. The van der Waals surface area contributed by atoms with Crippen LogP contribution < -0.4 is 4.90 Å². The molecule has 2 amide bonds. The molecule has 26 heavy (non-hydrogen) atoms. The number of piperidine rings is 1. The van der Waals surface area contributed by atoms with Gasteiger partial charge < -0.3 is 14.5 Å². The topological polar surface area (TPSA) is 49.9 Å². The van der Waals surface area contributed by atoms with Crippen LogP contribution in [-0.2, 0) is 14.3 Å². The zero-order valence-electron chi connectivity index (χ0n) is 15.4. The molecular weight excluding hydrogens is 328 g/mol. The minimum Gasteiger partial charge on any atom is -0.363 e. The normalized spacial score (nSPS) is 23.6. The number of ether oxygens (including phenoxy) is 1. The third-order valence-electron chi connectivity index (χ3n) is 6.28. The van der Waals surface area contributed by atoms with Crippen molar-refractivity contribution in [3.63, 3.8) is 0 Å². The molecule has 3 aliphatic rings. The minimum absolute atomic E-state index is 0.0153. The quantitative estimate of drug-likeness (QED) is 0.837. The Morgan fingerprint density at radius 1 is 1.12 bits per heavy atom. The Kier molecular flexibility index (Phi) is 4.98. The molecule has 1 spiro atoms. The lowest BCUT2D eigenvalue weighted by atomic mass is 9.88. The molecule has 2 saturated heterocycles. The van der Waals surface area contributed by atoms with Crippen molar-refractivity contribution in [2.75, 3.05) is 31.1 Å². The van der Waals surface area contributed by atoms with Crippen LogP contribution in [0.1, 0.15) is 44.9 Å². The van der Waals surface area contributed by atoms with Gasteiger partial charge in [-0.15, -0.1) is 0 Å². The van der Waals surface area contributed by atoms with Gasteiger partial charge in [-0.25, -0.2) is 0 Å². The van der Waals surface area contributed by atoms with Crippen LogP contribution in [0.25, 0.3) is 0 Å². The molecule has 3 fully saturated rings. The van der Waals surface area contributed by atoms with Gasteiger partial charge in [0.1, 0.15) is 6.61 Å². The molecule has 1 aromatic rings. The molecule has 0 N–H and O–H groups in total. The van der Waals surface area contributed by atoms with Gasteiger partial charge in [-0.3, -0.25) is 9.59 Å². The largest absolute Gasteiger partial charge is 0.363 e. The fraction of sp³-hybridized carbons (Fsp3) is 0.619. The number of hydrogen-bond acceptors (Lipinski definition) is 3. The number of rotatable bonds is 3. The fourth-order valence-corrected chi connectivity index (χ4v) is 4.61. The van der Waals surface area contributed by atoms with Crippen molar-refractivity contribution in [2.24, 2.45) is 5.92 Å². The van der Waals surface area contributed by atoms with E-state index in [-0.39, 0.29) is 18.1 Å². The number of anilines is 1. The molecule has 0 aromatic heterocycles. The van der Waals surface area contributed by atoms with Crippen molar-refractivity contribution >= 4 is 17.5 Å².